The van der Waals surface area contributed by atoms with E-state index in [2.05, 4.69) is 10.6 Å². The molecule has 2 aromatic carbocycles. The van der Waals surface area contributed by atoms with Gasteiger partial charge in [-0.15, -0.1) is 0 Å². The smallest absolute Gasteiger partial charge is 0.279 e. The molecule has 2 rings (SSSR count). The number of nitrogens with one attached hydrogen (secondary N) is 2. The van der Waals surface area contributed by atoms with Gasteiger partial charge in [0.15, 0.2) is 6.54 Å². The van der Waals surface area contributed by atoms with Crippen molar-refractivity contribution < 1.29 is 14.9 Å². The number of carbonyl (C=O) groups excluding carboxylic acids is 2. The molecule has 4 N–H and O–H groups in total. The maximum atomic E-state index is 12.1. The zero-order valence-corrected chi connectivity index (χ0v) is 14.4. The van der Waals surface area contributed by atoms with Crippen molar-refractivity contribution in [1.29, 1.82) is 0 Å². The third kappa shape index (κ3) is 4.81. The Balaban J connectivity index is 1.92. The van der Waals surface area contributed by atoms with Gasteiger partial charge < -0.3 is 16.0 Å². The monoisotopic (exact) mass is 346 g/mol. The second-order valence-electron chi connectivity index (χ2n) is 5.46. The van der Waals surface area contributed by atoms with Crippen LogP contribution in [0.2, 0.25) is 5.02 Å². The minimum atomic E-state index is -0.190. The van der Waals surface area contributed by atoms with Crippen LogP contribution in [0.15, 0.2) is 48.5 Å². The van der Waals surface area contributed by atoms with E-state index in [1.807, 2.05) is 36.5 Å². The summed E-state index contributed by atoms with van der Waals surface area (Å²) in [6.45, 7) is 2.26. The first-order valence-corrected chi connectivity index (χ1v) is 8.09. The molecule has 0 aliphatic rings. The molecule has 0 aliphatic heterocycles. The maximum absolute atomic E-state index is 12.1. The molecule has 24 heavy (non-hydrogen) atoms. The fourth-order valence-electron chi connectivity index (χ4n) is 2.35. The fraction of sp³-hybridized carbons (Fsp3) is 0.222. The van der Waals surface area contributed by atoms with E-state index >= 15 is 0 Å². The quantitative estimate of drug-likeness (QED) is 0.748. The second-order valence-corrected chi connectivity index (χ2v) is 5.87. The minimum Gasteiger partial charge on any atom is -0.355 e. The van der Waals surface area contributed by atoms with Crippen LogP contribution in [0.5, 0.6) is 0 Å². The van der Waals surface area contributed by atoms with E-state index in [9.17, 15) is 9.59 Å². The van der Waals surface area contributed by atoms with Crippen molar-refractivity contribution in [1.82, 2.24) is 5.32 Å². The highest BCUT2D eigenvalue weighted by Gasteiger charge is 2.14. The number of hydrogen-bond acceptors (Lipinski definition) is 2. The molecule has 6 heteroatoms. The van der Waals surface area contributed by atoms with Crippen LogP contribution in [0.25, 0.3) is 0 Å². The van der Waals surface area contributed by atoms with Gasteiger partial charge in [0, 0.05) is 28.9 Å². The molecule has 5 nitrogen and oxygen atoms in total. The fourth-order valence-corrected chi connectivity index (χ4v) is 2.66. The minimum absolute atomic E-state index is 0.0710. The highest BCUT2D eigenvalue weighted by molar-refractivity contribution is 6.31. The van der Waals surface area contributed by atoms with E-state index in [1.165, 1.54) is 0 Å². The van der Waals surface area contributed by atoms with Gasteiger partial charge in [-0.05, 0) is 31.2 Å². The lowest BCUT2D eigenvalue weighted by Crippen LogP contribution is -2.86. The molecule has 2 aromatic rings. The molecule has 1 atom stereocenters. The van der Waals surface area contributed by atoms with Crippen LogP contribution in [0.1, 0.15) is 28.9 Å². The number of nitrogens with two attached hydrogens (primary N) is 1. The van der Waals surface area contributed by atoms with Gasteiger partial charge in [0.2, 0.25) is 0 Å². The summed E-state index contributed by atoms with van der Waals surface area (Å²) >= 11 is 6.17. The Hall–Kier alpha value is -2.37. The summed E-state index contributed by atoms with van der Waals surface area (Å²) in [4.78, 5) is 23.7. The van der Waals surface area contributed by atoms with E-state index in [4.69, 9.17) is 11.6 Å². The summed E-state index contributed by atoms with van der Waals surface area (Å²) in [5.74, 6) is -0.326. The number of halogens is 1. The summed E-state index contributed by atoms with van der Waals surface area (Å²) < 4.78 is 0. The molecule has 0 spiro atoms. The highest BCUT2D eigenvalue weighted by Crippen LogP contribution is 2.19. The summed E-state index contributed by atoms with van der Waals surface area (Å²) in [6.07, 6.45) is 0. The summed E-state index contributed by atoms with van der Waals surface area (Å²) in [7, 11) is 1.57. The molecule has 2 amide bonds. The Bertz CT molecular complexity index is 734. The van der Waals surface area contributed by atoms with Crippen LogP contribution in [0.4, 0.5) is 5.69 Å². The Labute approximate surface area is 146 Å². The van der Waals surface area contributed by atoms with Crippen LogP contribution in [0.3, 0.4) is 0 Å². The van der Waals surface area contributed by atoms with Gasteiger partial charge in [-0.2, -0.15) is 0 Å². The van der Waals surface area contributed by atoms with Gasteiger partial charge in [0.05, 0.1) is 0 Å². The zero-order valence-electron chi connectivity index (χ0n) is 13.7. The Morgan fingerprint density at radius 3 is 2.62 bits per heavy atom. The largest absolute Gasteiger partial charge is 0.355 e. The van der Waals surface area contributed by atoms with Crippen LogP contribution >= 0.6 is 11.6 Å². The van der Waals surface area contributed by atoms with Crippen LogP contribution in [0, 0.1) is 0 Å². The highest BCUT2D eigenvalue weighted by atomic mass is 35.5. The standard InChI is InChI=1S/C18H20ClN3O2/c1-12(15-8-3-4-9-16(15)19)21-11-17(23)22-14-7-5-6-13(10-14)18(24)20-2/h3-10,12,21H,11H2,1-2H3,(H,20,24)(H,22,23)/p+1/t12-/m1/s1. The lowest BCUT2D eigenvalue weighted by molar-refractivity contribution is -0.682. The average molecular weight is 347 g/mol. The molecule has 0 saturated carbocycles. The molecule has 0 radical (unpaired) electrons. The van der Waals surface area contributed by atoms with E-state index in [0.29, 0.717) is 16.3 Å². The predicted octanol–water partition coefficient (Wildman–Crippen LogP) is 1.96. The Kier molecular flexibility index (Phi) is 6.35. The number of rotatable bonds is 6. The van der Waals surface area contributed by atoms with Crippen LogP contribution in [-0.4, -0.2) is 25.4 Å². The van der Waals surface area contributed by atoms with E-state index in [0.717, 1.165) is 5.56 Å². The number of anilines is 1. The molecule has 0 aromatic heterocycles. The topological polar surface area (TPSA) is 74.8 Å². The third-order valence-electron chi connectivity index (χ3n) is 3.69. The van der Waals surface area contributed by atoms with Gasteiger partial charge >= 0.3 is 0 Å². The SMILES string of the molecule is CNC(=O)c1cccc(NC(=O)C[NH2+][C@H](C)c2ccccc2Cl)c1. The second kappa shape index (κ2) is 8.47. The zero-order chi connectivity index (χ0) is 17.5. The van der Waals surface area contributed by atoms with Crippen molar-refractivity contribution in [2.45, 2.75) is 13.0 Å². The van der Waals surface area contributed by atoms with E-state index in [-0.39, 0.29) is 24.4 Å². The predicted molar refractivity (Wildman–Crippen MR) is 95.1 cm³/mol. The molecule has 126 valence electrons. The van der Waals surface area contributed by atoms with Crippen molar-refractivity contribution in [3.63, 3.8) is 0 Å². The van der Waals surface area contributed by atoms with Crippen LogP contribution < -0.4 is 16.0 Å². The lowest BCUT2D eigenvalue weighted by Gasteiger charge is -2.12. The Morgan fingerprint density at radius 1 is 1.17 bits per heavy atom. The maximum Gasteiger partial charge on any atom is 0.279 e. The molecular weight excluding hydrogens is 326 g/mol. The van der Waals surface area contributed by atoms with Crippen molar-refractivity contribution in [2.24, 2.45) is 0 Å². The molecule has 0 bridgehead atoms. The van der Waals surface area contributed by atoms with Gasteiger partial charge in [0.25, 0.3) is 11.8 Å². The third-order valence-corrected chi connectivity index (χ3v) is 4.03. The summed E-state index contributed by atoms with van der Waals surface area (Å²) in [5, 5.41) is 7.96. The first-order chi connectivity index (χ1) is 11.5. The average Bonchev–Trinajstić information content (AvgIpc) is 2.59. The summed E-state index contributed by atoms with van der Waals surface area (Å²) in [5.41, 5.74) is 2.09. The molecule has 0 aliphatic carbocycles. The van der Waals surface area contributed by atoms with E-state index < -0.39 is 0 Å². The normalized spacial score (nSPS) is 11.6. The lowest BCUT2D eigenvalue weighted by atomic mass is 10.1. The van der Waals surface area contributed by atoms with Crippen LogP contribution in [-0.2, 0) is 4.79 Å². The van der Waals surface area contributed by atoms with Crippen molar-refractivity contribution in [3.8, 4) is 0 Å². The number of carbonyl (C=O) groups is 2. The van der Waals surface area contributed by atoms with E-state index in [1.54, 1.807) is 31.3 Å². The molecule has 0 saturated heterocycles. The molecule has 0 fully saturated rings. The Morgan fingerprint density at radius 2 is 1.92 bits per heavy atom. The van der Waals surface area contributed by atoms with Crippen molar-refractivity contribution in [3.05, 3.63) is 64.7 Å². The van der Waals surface area contributed by atoms with Gasteiger partial charge in [-0.1, -0.05) is 35.9 Å². The molecule has 0 heterocycles. The first kappa shape index (κ1) is 18.0. The van der Waals surface area contributed by atoms with Gasteiger partial charge in [0.1, 0.15) is 6.04 Å². The van der Waals surface area contributed by atoms with Crippen molar-refractivity contribution in [2.75, 3.05) is 18.9 Å². The first-order valence-electron chi connectivity index (χ1n) is 7.71. The summed E-state index contributed by atoms with van der Waals surface area (Å²) in [6, 6.07) is 14.5. The van der Waals surface area contributed by atoms with Gasteiger partial charge in [-0.25, -0.2) is 0 Å². The van der Waals surface area contributed by atoms with Gasteiger partial charge in [-0.3, -0.25) is 9.59 Å². The number of benzene rings is 2. The number of quaternary nitrogens is 1. The molecule has 0 unspecified atom stereocenters. The number of amides is 2. The van der Waals surface area contributed by atoms with Crippen molar-refractivity contribution >= 4 is 29.1 Å². The number of hydrogen-bond donors (Lipinski definition) is 3. The molecular formula is C18H21ClN3O2+.